The minimum atomic E-state index is 0.350. The van der Waals surface area contributed by atoms with Gasteiger partial charge in [-0.25, -0.2) is 0 Å². The van der Waals surface area contributed by atoms with Crippen LogP contribution in [0.25, 0.3) is 0 Å². The largest absolute Gasteiger partial charge is 0.497 e. The van der Waals surface area contributed by atoms with Gasteiger partial charge in [0.05, 0.1) is 13.2 Å². The molecular weight excluding hydrogens is 274 g/mol. The van der Waals surface area contributed by atoms with E-state index in [1.54, 1.807) is 7.11 Å². The average Bonchev–Trinajstić information content (AvgIpc) is 2.72. The number of methoxy groups -OCH3 is 1. The quantitative estimate of drug-likeness (QED) is 0.807. The van der Waals surface area contributed by atoms with Crippen LogP contribution in [-0.2, 0) is 6.42 Å². The smallest absolute Gasteiger partial charge is 0.123 e. The number of ether oxygens (including phenoxy) is 2. The second-order valence-electron chi connectivity index (χ2n) is 6.19. The molecule has 4 rings (SSSR count). The number of fused-ring (bicyclic) bond motifs is 5. The molecule has 2 aromatic carbocycles. The van der Waals surface area contributed by atoms with E-state index in [2.05, 4.69) is 48.3 Å². The van der Waals surface area contributed by atoms with Crippen LogP contribution in [0.2, 0.25) is 0 Å². The van der Waals surface area contributed by atoms with Crippen LogP contribution in [-0.4, -0.2) is 38.3 Å². The van der Waals surface area contributed by atoms with Crippen molar-refractivity contribution in [1.29, 1.82) is 0 Å². The molecule has 0 aliphatic carbocycles. The maximum absolute atomic E-state index is 6.02. The van der Waals surface area contributed by atoms with Crippen LogP contribution in [0.15, 0.2) is 42.5 Å². The van der Waals surface area contributed by atoms with Crippen molar-refractivity contribution >= 4 is 0 Å². The zero-order valence-electron chi connectivity index (χ0n) is 13.1. The predicted octanol–water partition coefficient (Wildman–Crippen LogP) is 3.08. The predicted molar refractivity (Wildman–Crippen MR) is 86.9 cm³/mol. The van der Waals surface area contributed by atoms with E-state index >= 15 is 0 Å². The molecule has 2 aliphatic rings. The molecule has 2 aliphatic heterocycles. The van der Waals surface area contributed by atoms with Crippen molar-refractivity contribution in [2.24, 2.45) is 0 Å². The molecule has 0 saturated carbocycles. The molecule has 3 heteroatoms. The summed E-state index contributed by atoms with van der Waals surface area (Å²) in [5.41, 5.74) is 4.11. The summed E-state index contributed by atoms with van der Waals surface area (Å²) >= 11 is 0. The summed E-state index contributed by atoms with van der Waals surface area (Å²) < 4.78 is 11.5. The molecule has 2 heterocycles. The molecule has 0 amide bonds. The molecule has 2 aromatic rings. The third kappa shape index (κ3) is 2.08. The standard InChI is InChI=1S/C19H21NO2/c1-20-10-9-13-7-8-14(21-2)11-16(13)19-15-5-3-4-6-18(15)22-12-17(19)20/h3-8,11,17,19H,9-10,12H2,1-2H3/t17-,19+/m0/s1. The van der Waals surface area contributed by atoms with E-state index in [1.165, 1.54) is 16.7 Å². The molecule has 22 heavy (non-hydrogen) atoms. The fourth-order valence-corrected chi connectivity index (χ4v) is 3.78. The monoisotopic (exact) mass is 295 g/mol. The van der Waals surface area contributed by atoms with E-state index < -0.39 is 0 Å². The first-order chi connectivity index (χ1) is 10.8. The lowest BCUT2D eigenvalue weighted by Crippen LogP contribution is -2.43. The fraction of sp³-hybridized carbons (Fsp3) is 0.368. The Kier molecular flexibility index (Phi) is 3.30. The zero-order valence-corrected chi connectivity index (χ0v) is 13.1. The van der Waals surface area contributed by atoms with Gasteiger partial charge in [0.2, 0.25) is 0 Å². The lowest BCUT2D eigenvalue weighted by Gasteiger charge is -2.37. The number of para-hydroxylation sites is 1. The van der Waals surface area contributed by atoms with Crippen molar-refractivity contribution in [2.45, 2.75) is 18.4 Å². The minimum absolute atomic E-state index is 0.350. The number of rotatable bonds is 1. The number of nitrogens with zero attached hydrogens (tertiary/aromatic N) is 1. The van der Waals surface area contributed by atoms with Gasteiger partial charge >= 0.3 is 0 Å². The van der Waals surface area contributed by atoms with Gasteiger partial charge in [-0.2, -0.15) is 0 Å². The summed E-state index contributed by atoms with van der Waals surface area (Å²) in [6, 6.07) is 15.3. The van der Waals surface area contributed by atoms with Gasteiger partial charge in [-0.3, -0.25) is 4.90 Å². The Hall–Kier alpha value is -2.00. The van der Waals surface area contributed by atoms with Crippen molar-refractivity contribution in [2.75, 3.05) is 27.3 Å². The Morgan fingerprint density at radius 2 is 2.00 bits per heavy atom. The average molecular weight is 295 g/mol. The second kappa shape index (κ2) is 5.33. The van der Waals surface area contributed by atoms with E-state index in [-0.39, 0.29) is 0 Å². The molecule has 0 N–H and O–H groups in total. The summed E-state index contributed by atoms with van der Waals surface area (Å²) in [7, 11) is 3.94. The van der Waals surface area contributed by atoms with Crippen LogP contribution in [0.1, 0.15) is 22.6 Å². The first-order valence-corrected chi connectivity index (χ1v) is 7.86. The van der Waals surface area contributed by atoms with Gasteiger partial charge < -0.3 is 9.47 Å². The third-order valence-electron chi connectivity index (χ3n) is 5.04. The Labute approximate surface area is 131 Å². The number of likely N-dealkylation sites (N-methyl/N-ethyl adjacent to an activating group) is 1. The molecule has 0 fully saturated rings. The lowest BCUT2D eigenvalue weighted by molar-refractivity contribution is 0.134. The number of benzene rings is 2. The third-order valence-corrected chi connectivity index (χ3v) is 5.04. The van der Waals surface area contributed by atoms with Gasteiger partial charge in [0, 0.05) is 18.0 Å². The number of hydrogen-bond acceptors (Lipinski definition) is 3. The summed E-state index contributed by atoms with van der Waals surface area (Å²) in [6.07, 6.45) is 1.07. The molecule has 0 unspecified atom stereocenters. The molecule has 3 nitrogen and oxygen atoms in total. The van der Waals surface area contributed by atoms with Crippen molar-refractivity contribution in [3.8, 4) is 11.5 Å². The highest BCUT2D eigenvalue weighted by Gasteiger charge is 2.37. The van der Waals surface area contributed by atoms with Gasteiger partial charge in [-0.05, 0) is 42.8 Å². The van der Waals surface area contributed by atoms with E-state index in [9.17, 15) is 0 Å². The Balaban J connectivity index is 1.92. The van der Waals surface area contributed by atoms with Crippen LogP contribution in [0.4, 0.5) is 0 Å². The first kappa shape index (κ1) is 13.6. The summed E-state index contributed by atoms with van der Waals surface area (Å²) in [5, 5.41) is 0. The maximum Gasteiger partial charge on any atom is 0.123 e. The Morgan fingerprint density at radius 3 is 2.86 bits per heavy atom. The van der Waals surface area contributed by atoms with Crippen molar-refractivity contribution in [3.05, 3.63) is 59.2 Å². The number of hydrogen-bond donors (Lipinski definition) is 0. The molecule has 0 bridgehead atoms. The maximum atomic E-state index is 6.02. The van der Waals surface area contributed by atoms with Crippen LogP contribution in [0.5, 0.6) is 11.5 Å². The molecule has 0 spiro atoms. The molecule has 0 radical (unpaired) electrons. The van der Waals surface area contributed by atoms with Gasteiger partial charge in [0.15, 0.2) is 0 Å². The van der Waals surface area contributed by atoms with Crippen molar-refractivity contribution in [3.63, 3.8) is 0 Å². The van der Waals surface area contributed by atoms with Gasteiger partial charge in [0.1, 0.15) is 18.1 Å². The zero-order chi connectivity index (χ0) is 15.1. The highest BCUT2D eigenvalue weighted by Crippen LogP contribution is 2.43. The molecular formula is C19H21NO2. The SMILES string of the molecule is COc1ccc2c(c1)[C@H]1c3ccccc3OC[C@@H]1N(C)CC2. The van der Waals surface area contributed by atoms with Crippen LogP contribution in [0, 0.1) is 0 Å². The van der Waals surface area contributed by atoms with Crippen LogP contribution in [0.3, 0.4) is 0 Å². The minimum Gasteiger partial charge on any atom is -0.497 e. The van der Waals surface area contributed by atoms with Gasteiger partial charge in [0.25, 0.3) is 0 Å². The van der Waals surface area contributed by atoms with Crippen LogP contribution < -0.4 is 9.47 Å². The highest BCUT2D eigenvalue weighted by molar-refractivity contribution is 5.50. The molecule has 0 saturated heterocycles. The second-order valence-corrected chi connectivity index (χ2v) is 6.19. The van der Waals surface area contributed by atoms with E-state index in [1.807, 2.05) is 6.07 Å². The topological polar surface area (TPSA) is 21.7 Å². The van der Waals surface area contributed by atoms with Gasteiger partial charge in [-0.15, -0.1) is 0 Å². The van der Waals surface area contributed by atoms with E-state index in [4.69, 9.17) is 9.47 Å². The first-order valence-electron chi connectivity index (χ1n) is 7.86. The summed E-state index contributed by atoms with van der Waals surface area (Å²) in [5.74, 6) is 2.31. The molecule has 114 valence electrons. The van der Waals surface area contributed by atoms with E-state index in [0.717, 1.165) is 31.1 Å². The molecule has 0 aromatic heterocycles. The van der Waals surface area contributed by atoms with Crippen LogP contribution >= 0.6 is 0 Å². The van der Waals surface area contributed by atoms with Crippen molar-refractivity contribution < 1.29 is 9.47 Å². The summed E-state index contributed by atoms with van der Waals surface area (Å²) in [6.45, 7) is 1.81. The van der Waals surface area contributed by atoms with Crippen molar-refractivity contribution in [1.82, 2.24) is 4.90 Å². The Morgan fingerprint density at radius 1 is 1.14 bits per heavy atom. The fourth-order valence-electron chi connectivity index (χ4n) is 3.78. The normalized spacial score (nSPS) is 23.5. The van der Waals surface area contributed by atoms with E-state index in [0.29, 0.717) is 12.0 Å². The lowest BCUT2D eigenvalue weighted by atomic mass is 9.81. The highest BCUT2D eigenvalue weighted by atomic mass is 16.5. The van der Waals surface area contributed by atoms with Gasteiger partial charge in [-0.1, -0.05) is 24.3 Å². The Bertz CT molecular complexity index is 698. The molecule has 2 atom stereocenters. The summed E-state index contributed by atoms with van der Waals surface area (Å²) in [4.78, 5) is 2.44.